The average molecular weight is 168 g/mol. The number of carbonyl (C=O) groups excluding carboxylic acids is 2. The minimum Gasteiger partial charge on any atom is -0.300 e. The van der Waals surface area contributed by atoms with Crippen LogP contribution in [0.2, 0.25) is 0 Å². The maximum absolute atomic E-state index is 10.7. The first-order valence-electron chi connectivity index (χ1n) is 4.07. The molecule has 0 aromatic rings. The van der Waals surface area contributed by atoms with Crippen LogP contribution < -0.4 is 0 Å². The zero-order valence-electron chi connectivity index (χ0n) is 8.23. The topological polar surface area (TPSA) is 34.1 Å². The standard InChI is InChI=1S/C10H16O2/c1-7(5-9(3)11)8(2)6-10(4)12/h5-6H2,1-4H3/b8-7+. The second kappa shape index (κ2) is 4.86. The summed E-state index contributed by atoms with van der Waals surface area (Å²) in [7, 11) is 0. The van der Waals surface area contributed by atoms with Crippen molar-refractivity contribution in [3.63, 3.8) is 0 Å². The number of hydrogen-bond donors (Lipinski definition) is 0. The molecule has 12 heavy (non-hydrogen) atoms. The van der Waals surface area contributed by atoms with E-state index in [1.54, 1.807) is 13.8 Å². The van der Waals surface area contributed by atoms with E-state index in [2.05, 4.69) is 0 Å². The van der Waals surface area contributed by atoms with E-state index >= 15 is 0 Å². The van der Waals surface area contributed by atoms with E-state index in [0.717, 1.165) is 11.1 Å². The summed E-state index contributed by atoms with van der Waals surface area (Å²) in [6, 6.07) is 0. The molecule has 0 spiro atoms. The van der Waals surface area contributed by atoms with E-state index in [1.807, 2.05) is 13.8 Å². The van der Waals surface area contributed by atoms with Crippen LogP contribution in [0.3, 0.4) is 0 Å². The Morgan fingerprint density at radius 3 is 1.17 bits per heavy atom. The summed E-state index contributed by atoms with van der Waals surface area (Å²) < 4.78 is 0. The van der Waals surface area contributed by atoms with E-state index in [1.165, 1.54) is 0 Å². The van der Waals surface area contributed by atoms with Crippen LogP contribution in [-0.4, -0.2) is 11.6 Å². The fourth-order valence-electron chi connectivity index (χ4n) is 1.05. The predicted molar refractivity (Wildman–Crippen MR) is 49.0 cm³/mol. The molecule has 0 N–H and O–H groups in total. The van der Waals surface area contributed by atoms with Gasteiger partial charge < -0.3 is 0 Å². The van der Waals surface area contributed by atoms with Crippen molar-refractivity contribution in [2.75, 3.05) is 0 Å². The molecule has 0 radical (unpaired) electrons. The predicted octanol–water partition coefficient (Wildman–Crippen LogP) is 2.28. The van der Waals surface area contributed by atoms with Gasteiger partial charge >= 0.3 is 0 Å². The highest BCUT2D eigenvalue weighted by Gasteiger charge is 2.02. The Balaban J connectivity index is 4.25. The summed E-state index contributed by atoms with van der Waals surface area (Å²) in [5.74, 6) is 0.297. The fraction of sp³-hybridized carbons (Fsp3) is 0.600. The largest absolute Gasteiger partial charge is 0.300 e. The number of allylic oxidation sites excluding steroid dienone is 2. The fourth-order valence-corrected chi connectivity index (χ4v) is 1.05. The minimum absolute atomic E-state index is 0.149. The Labute approximate surface area is 73.7 Å². The van der Waals surface area contributed by atoms with Gasteiger partial charge in [-0.3, -0.25) is 9.59 Å². The molecule has 0 heterocycles. The molecule has 0 amide bonds. The molecule has 0 aromatic carbocycles. The van der Waals surface area contributed by atoms with E-state index < -0.39 is 0 Å². The van der Waals surface area contributed by atoms with Crippen molar-refractivity contribution < 1.29 is 9.59 Å². The van der Waals surface area contributed by atoms with Gasteiger partial charge in [0.25, 0.3) is 0 Å². The monoisotopic (exact) mass is 168 g/mol. The lowest BCUT2D eigenvalue weighted by molar-refractivity contribution is -0.117. The Morgan fingerprint density at radius 1 is 0.750 bits per heavy atom. The third kappa shape index (κ3) is 4.83. The number of rotatable bonds is 4. The molecule has 0 bridgehead atoms. The zero-order valence-corrected chi connectivity index (χ0v) is 8.23. The zero-order chi connectivity index (χ0) is 9.72. The smallest absolute Gasteiger partial charge is 0.133 e. The summed E-state index contributed by atoms with van der Waals surface area (Å²) in [6.07, 6.45) is 0.943. The van der Waals surface area contributed by atoms with Gasteiger partial charge in [0, 0.05) is 12.8 Å². The van der Waals surface area contributed by atoms with Crippen LogP contribution in [0.1, 0.15) is 40.5 Å². The van der Waals surface area contributed by atoms with Crippen LogP contribution in [0.4, 0.5) is 0 Å². The van der Waals surface area contributed by atoms with Crippen molar-refractivity contribution in [1.29, 1.82) is 0 Å². The summed E-state index contributed by atoms with van der Waals surface area (Å²) in [5, 5.41) is 0. The van der Waals surface area contributed by atoms with E-state index in [9.17, 15) is 9.59 Å². The maximum Gasteiger partial charge on any atom is 0.133 e. The highest BCUT2D eigenvalue weighted by atomic mass is 16.1. The Bertz CT molecular complexity index is 200. The molecule has 2 heteroatoms. The Hall–Kier alpha value is -0.920. The maximum atomic E-state index is 10.7. The highest BCUT2D eigenvalue weighted by molar-refractivity contribution is 5.80. The van der Waals surface area contributed by atoms with Crippen molar-refractivity contribution in [3.8, 4) is 0 Å². The van der Waals surface area contributed by atoms with Crippen molar-refractivity contribution in [2.24, 2.45) is 0 Å². The molecule has 68 valence electrons. The molecule has 0 aliphatic heterocycles. The lowest BCUT2D eigenvalue weighted by atomic mass is 10.0. The molecule has 0 saturated carbocycles. The Kier molecular flexibility index (Phi) is 4.49. The van der Waals surface area contributed by atoms with Crippen molar-refractivity contribution in [3.05, 3.63) is 11.1 Å². The third-order valence-corrected chi connectivity index (χ3v) is 1.76. The van der Waals surface area contributed by atoms with Crippen LogP contribution in [0.25, 0.3) is 0 Å². The third-order valence-electron chi connectivity index (χ3n) is 1.76. The molecular formula is C10H16O2. The van der Waals surface area contributed by atoms with Crippen LogP contribution in [-0.2, 0) is 9.59 Å². The summed E-state index contributed by atoms with van der Waals surface area (Å²) >= 11 is 0. The lowest BCUT2D eigenvalue weighted by Crippen LogP contribution is -1.97. The lowest BCUT2D eigenvalue weighted by Gasteiger charge is -2.03. The summed E-state index contributed by atoms with van der Waals surface area (Å²) in [4.78, 5) is 21.5. The molecule has 0 saturated heterocycles. The second-order valence-electron chi connectivity index (χ2n) is 3.32. The SMILES string of the molecule is CC(=O)C/C(C)=C(\C)CC(C)=O. The van der Waals surface area contributed by atoms with Gasteiger partial charge in [-0.25, -0.2) is 0 Å². The molecule has 0 atom stereocenters. The van der Waals surface area contributed by atoms with Gasteiger partial charge in [-0.1, -0.05) is 11.1 Å². The number of Topliss-reactive ketones (excluding diaryl/α,β-unsaturated/α-hetero) is 2. The Morgan fingerprint density at radius 2 is 1.00 bits per heavy atom. The quantitative estimate of drug-likeness (QED) is 0.603. The van der Waals surface area contributed by atoms with Crippen molar-refractivity contribution in [1.82, 2.24) is 0 Å². The van der Waals surface area contributed by atoms with Crippen LogP contribution in [0.15, 0.2) is 11.1 Å². The van der Waals surface area contributed by atoms with E-state index in [4.69, 9.17) is 0 Å². The first-order chi connectivity index (χ1) is 5.43. The summed E-state index contributed by atoms with van der Waals surface area (Å²) in [6.45, 7) is 6.93. The van der Waals surface area contributed by atoms with Crippen molar-refractivity contribution >= 4 is 11.6 Å². The second-order valence-corrected chi connectivity index (χ2v) is 3.32. The van der Waals surface area contributed by atoms with Crippen molar-refractivity contribution in [2.45, 2.75) is 40.5 Å². The first kappa shape index (κ1) is 11.1. The van der Waals surface area contributed by atoms with E-state index in [-0.39, 0.29) is 11.6 Å². The molecule has 2 nitrogen and oxygen atoms in total. The van der Waals surface area contributed by atoms with Gasteiger partial charge in [-0.15, -0.1) is 0 Å². The number of ketones is 2. The van der Waals surface area contributed by atoms with Gasteiger partial charge in [-0.05, 0) is 27.7 Å². The molecular weight excluding hydrogens is 152 g/mol. The molecule has 0 rings (SSSR count). The summed E-state index contributed by atoms with van der Waals surface area (Å²) in [5.41, 5.74) is 2.05. The van der Waals surface area contributed by atoms with Crippen LogP contribution in [0, 0.1) is 0 Å². The highest BCUT2D eigenvalue weighted by Crippen LogP contribution is 2.11. The minimum atomic E-state index is 0.149. The van der Waals surface area contributed by atoms with Crippen LogP contribution in [0.5, 0.6) is 0 Å². The molecule has 0 fully saturated rings. The van der Waals surface area contributed by atoms with Gasteiger partial charge in [0.05, 0.1) is 0 Å². The number of hydrogen-bond acceptors (Lipinski definition) is 2. The number of carbonyl (C=O) groups is 2. The average Bonchev–Trinajstić information content (AvgIpc) is 1.84. The van der Waals surface area contributed by atoms with Crippen LogP contribution >= 0.6 is 0 Å². The molecule has 0 aliphatic carbocycles. The normalized spacial score (nSPS) is 12.3. The van der Waals surface area contributed by atoms with E-state index in [0.29, 0.717) is 12.8 Å². The first-order valence-corrected chi connectivity index (χ1v) is 4.07. The molecule has 0 unspecified atom stereocenters. The molecule has 0 aromatic heterocycles. The van der Waals surface area contributed by atoms with Gasteiger partial charge in [0.15, 0.2) is 0 Å². The molecule has 0 aliphatic rings. The van der Waals surface area contributed by atoms with Gasteiger partial charge in [-0.2, -0.15) is 0 Å². The van der Waals surface area contributed by atoms with Gasteiger partial charge in [0.1, 0.15) is 11.6 Å². The van der Waals surface area contributed by atoms with Gasteiger partial charge in [0.2, 0.25) is 0 Å².